The number of nitro benzene ring substituents is 1. The highest BCUT2D eigenvalue weighted by Crippen LogP contribution is 2.20. The molecule has 1 aromatic carbocycles. The van der Waals surface area contributed by atoms with Gasteiger partial charge < -0.3 is 4.57 Å². The standard InChI is InChI=1S/C10H9N3O3S/c1-12-8-5-6(13(15)16)3-4-7(8)9(14)11-10(12)17-2/h3-5H,1-2H3. The van der Waals surface area contributed by atoms with Crippen molar-refractivity contribution in [2.24, 2.45) is 7.05 Å². The molecule has 1 aromatic heterocycles. The average molecular weight is 251 g/mol. The van der Waals surface area contributed by atoms with Crippen LogP contribution in [0.25, 0.3) is 10.9 Å². The molecule has 88 valence electrons. The van der Waals surface area contributed by atoms with E-state index in [4.69, 9.17) is 0 Å². The highest BCUT2D eigenvalue weighted by atomic mass is 32.2. The van der Waals surface area contributed by atoms with Gasteiger partial charge in [0.25, 0.3) is 11.2 Å². The molecule has 7 heteroatoms. The normalized spacial score (nSPS) is 10.7. The predicted octanol–water partition coefficient (Wildman–Crippen LogP) is 1.56. The number of non-ortho nitro benzene ring substituents is 1. The van der Waals surface area contributed by atoms with Gasteiger partial charge in [-0.15, -0.1) is 0 Å². The second kappa shape index (κ2) is 4.17. The molecule has 17 heavy (non-hydrogen) atoms. The monoisotopic (exact) mass is 251 g/mol. The number of hydrogen-bond donors (Lipinski definition) is 0. The van der Waals surface area contributed by atoms with Crippen LogP contribution in [0.2, 0.25) is 0 Å². The zero-order valence-electron chi connectivity index (χ0n) is 9.21. The van der Waals surface area contributed by atoms with Gasteiger partial charge in [-0.05, 0) is 12.3 Å². The van der Waals surface area contributed by atoms with Crippen LogP contribution in [-0.4, -0.2) is 20.7 Å². The Kier molecular flexibility index (Phi) is 2.84. The number of hydrogen-bond acceptors (Lipinski definition) is 5. The number of rotatable bonds is 2. The van der Waals surface area contributed by atoms with Crippen LogP contribution in [0.1, 0.15) is 0 Å². The van der Waals surface area contributed by atoms with E-state index in [1.165, 1.54) is 30.0 Å². The molecule has 2 rings (SSSR count). The van der Waals surface area contributed by atoms with E-state index in [1.54, 1.807) is 17.9 Å². The summed E-state index contributed by atoms with van der Waals surface area (Å²) in [4.78, 5) is 25.8. The smallest absolute Gasteiger partial charge is 0.281 e. The molecule has 0 saturated carbocycles. The minimum atomic E-state index is -0.483. The van der Waals surface area contributed by atoms with Gasteiger partial charge in [-0.2, -0.15) is 4.98 Å². The molecule has 0 fully saturated rings. The molecule has 0 aliphatic carbocycles. The van der Waals surface area contributed by atoms with E-state index in [9.17, 15) is 14.9 Å². The number of nitrogens with zero attached hydrogens (tertiary/aromatic N) is 3. The Morgan fingerprint density at radius 2 is 2.18 bits per heavy atom. The van der Waals surface area contributed by atoms with E-state index >= 15 is 0 Å². The topological polar surface area (TPSA) is 78.0 Å². The molecule has 0 radical (unpaired) electrons. The third-order valence-electron chi connectivity index (χ3n) is 2.45. The quantitative estimate of drug-likeness (QED) is 0.350. The largest absolute Gasteiger partial charge is 0.323 e. The maximum Gasteiger partial charge on any atom is 0.281 e. The molecule has 0 saturated heterocycles. The molecule has 2 aromatic rings. The summed E-state index contributed by atoms with van der Waals surface area (Å²) in [5.74, 6) is 0. The lowest BCUT2D eigenvalue weighted by Gasteiger charge is -2.08. The first kappa shape index (κ1) is 11.6. The van der Waals surface area contributed by atoms with Crippen molar-refractivity contribution in [2.75, 3.05) is 6.26 Å². The lowest BCUT2D eigenvalue weighted by Crippen LogP contribution is -2.14. The molecular formula is C10H9N3O3S. The van der Waals surface area contributed by atoms with Gasteiger partial charge in [0.15, 0.2) is 5.16 Å². The van der Waals surface area contributed by atoms with Crippen LogP contribution >= 0.6 is 11.8 Å². The van der Waals surface area contributed by atoms with Crippen molar-refractivity contribution < 1.29 is 4.92 Å². The Labute approximate surface area is 100 Å². The van der Waals surface area contributed by atoms with Crippen molar-refractivity contribution in [3.8, 4) is 0 Å². The zero-order valence-corrected chi connectivity index (χ0v) is 10.0. The Morgan fingerprint density at radius 1 is 1.47 bits per heavy atom. The average Bonchev–Trinajstić information content (AvgIpc) is 2.33. The van der Waals surface area contributed by atoms with Crippen molar-refractivity contribution in [2.45, 2.75) is 5.16 Å². The molecule has 0 bridgehead atoms. The van der Waals surface area contributed by atoms with Gasteiger partial charge in [0.05, 0.1) is 15.8 Å². The molecule has 0 aliphatic rings. The summed E-state index contributed by atoms with van der Waals surface area (Å²) in [5, 5.41) is 11.6. The SMILES string of the molecule is CSc1nc(=O)c2ccc([N+](=O)[O-])cc2n1C. The van der Waals surface area contributed by atoms with Crippen LogP contribution < -0.4 is 5.56 Å². The Bertz CT molecular complexity index is 666. The predicted molar refractivity (Wildman–Crippen MR) is 65.4 cm³/mol. The maximum absolute atomic E-state index is 11.7. The number of aromatic nitrogens is 2. The van der Waals surface area contributed by atoms with Crippen LogP contribution in [0.15, 0.2) is 28.2 Å². The van der Waals surface area contributed by atoms with Crippen LogP contribution in [0.3, 0.4) is 0 Å². The van der Waals surface area contributed by atoms with E-state index in [0.717, 1.165) is 0 Å². The first-order valence-corrected chi connectivity index (χ1v) is 5.96. The number of fused-ring (bicyclic) bond motifs is 1. The van der Waals surface area contributed by atoms with Gasteiger partial charge >= 0.3 is 0 Å². The molecule has 0 spiro atoms. The fourth-order valence-corrected chi connectivity index (χ4v) is 2.15. The summed E-state index contributed by atoms with van der Waals surface area (Å²) >= 11 is 1.32. The van der Waals surface area contributed by atoms with Gasteiger partial charge in [0.2, 0.25) is 0 Å². The molecule has 1 heterocycles. The van der Waals surface area contributed by atoms with Crippen molar-refractivity contribution in [1.29, 1.82) is 0 Å². The molecular weight excluding hydrogens is 242 g/mol. The molecule has 6 nitrogen and oxygen atoms in total. The van der Waals surface area contributed by atoms with E-state index in [0.29, 0.717) is 16.1 Å². The Morgan fingerprint density at radius 3 is 2.76 bits per heavy atom. The van der Waals surface area contributed by atoms with Crippen molar-refractivity contribution in [3.05, 3.63) is 38.7 Å². The van der Waals surface area contributed by atoms with E-state index < -0.39 is 4.92 Å². The van der Waals surface area contributed by atoms with Gasteiger partial charge in [-0.3, -0.25) is 14.9 Å². The molecule has 0 atom stereocenters. The number of nitro groups is 1. The fraction of sp³-hybridized carbons (Fsp3) is 0.200. The summed E-state index contributed by atoms with van der Waals surface area (Å²) in [6, 6.07) is 4.13. The van der Waals surface area contributed by atoms with Gasteiger partial charge in [-0.1, -0.05) is 11.8 Å². The highest BCUT2D eigenvalue weighted by Gasteiger charge is 2.12. The number of aryl methyl sites for hydroxylation is 1. The first-order chi connectivity index (χ1) is 8.04. The van der Waals surface area contributed by atoms with E-state index in [-0.39, 0.29) is 11.2 Å². The molecule has 0 N–H and O–H groups in total. The molecule has 0 amide bonds. The van der Waals surface area contributed by atoms with Crippen LogP contribution in [0.4, 0.5) is 5.69 Å². The second-order valence-corrected chi connectivity index (χ2v) is 4.19. The van der Waals surface area contributed by atoms with Gasteiger partial charge in [-0.25, -0.2) is 0 Å². The Balaban J connectivity index is 2.87. The van der Waals surface area contributed by atoms with E-state index in [1.807, 2.05) is 0 Å². The Hall–Kier alpha value is -1.89. The van der Waals surface area contributed by atoms with Crippen LogP contribution in [0.5, 0.6) is 0 Å². The third kappa shape index (κ3) is 1.89. The fourth-order valence-electron chi connectivity index (χ4n) is 1.60. The van der Waals surface area contributed by atoms with Crippen LogP contribution in [-0.2, 0) is 7.05 Å². The van der Waals surface area contributed by atoms with Crippen molar-refractivity contribution >= 4 is 28.4 Å². The zero-order chi connectivity index (χ0) is 12.6. The second-order valence-electron chi connectivity index (χ2n) is 3.42. The minimum absolute atomic E-state index is 0.0363. The summed E-state index contributed by atoms with van der Waals surface area (Å²) in [5.41, 5.74) is 0.117. The summed E-state index contributed by atoms with van der Waals surface area (Å²) < 4.78 is 1.67. The maximum atomic E-state index is 11.7. The van der Waals surface area contributed by atoms with E-state index in [2.05, 4.69) is 4.98 Å². The lowest BCUT2D eigenvalue weighted by molar-refractivity contribution is -0.384. The molecule has 0 unspecified atom stereocenters. The highest BCUT2D eigenvalue weighted by molar-refractivity contribution is 7.98. The lowest BCUT2D eigenvalue weighted by atomic mass is 10.2. The third-order valence-corrected chi connectivity index (χ3v) is 3.18. The van der Waals surface area contributed by atoms with Gasteiger partial charge in [0, 0.05) is 19.2 Å². The van der Waals surface area contributed by atoms with Crippen molar-refractivity contribution in [3.63, 3.8) is 0 Å². The summed E-state index contributed by atoms with van der Waals surface area (Å²) in [7, 11) is 1.73. The number of benzene rings is 1. The van der Waals surface area contributed by atoms with Crippen molar-refractivity contribution in [1.82, 2.24) is 9.55 Å². The van der Waals surface area contributed by atoms with Crippen LogP contribution in [0, 0.1) is 10.1 Å². The summed E-state index contributed by atoms with van der Waals surface area (Å²) in [6.07, 6.45) is 1.80. The first-order valence-electron chi connectivity index (χ1n) is 4.73. The minimum Gasteiger partial charge on any atom is -0.323 e. The molecule has 0 aliphatic heterocycles. The van der Waals surface area contributed by atoms with Gasteiger partial charge in [0.1, 0.15) is 0 Å². The summed E-state index contributed by atoms with van der Waals surface area (Å²) in [6.45, 7) is 0. The number of thioether (sulfide) groups is 1.